The molecule has 2 aromatic rings. The highest BCUT2D eigenvalue weighted by Crippen LogP contribution is 2.26. The third kappa shape index (κ3) is 4.46. The van der Waals surface area contributed by atoms with Crippen LogP contribution >= 0.6 is 22.9 Å². The van der Waals surface area contributed by atoms with Crippen molar-refractivity contribution in [2.45, 2.75) is 26.0 Å². The molecule has 2 rings (SSSR count). The number of carbonyl (C=O) groups excluding carboxylic acids is 1. The number of thiophene rings is 1. The summed E-state index contributed by atoms with van der Waals surface area (Å²) in [5.41, 5.74) is 1.96. The molecule has 0 aliphatic carbocycles. The van der Waals surface area contributed by atoms with Crippen LogP contribution in [-0.4, -0.2) is 27.5 Å². The van der Waals surface area contributed by atoms with Gasteiger partial charge in [-0.3, -0.25) is 4.68 Å². The third-order valence-electron chi connectivity index (χ3n) is 3.14. The summed E-state index contributed by atoms with van der Waals surface area (Å²) in [6.07, 6.45) is 1.95. The van der Waals surface area contributed by atoms with Gasteiger partial charge in [0.15, 0.2) is 0 Å². The molecule has 3 N–H and O–H groups in total. The van der Waals surface area contributed by atoms with Gasteiger partial charge in [0.25, 0.3) is 0 Å². The van der Waals surface area contributed by atoms with Crippen molar-refractivity contribution in [2.75, 3.05) is 6.54 Å². The van der Waals surface area contributed by atoms with E-state index in [9.17, 15) is 9.90 Å². The van der Waals surface area contributed by atoms with Crippen LogP contribution in [0.4, 0.5) is 4.79 Å². The summed E-state index contributed by atoms with van der Waals surface area (Å²) in [5, 5.41) is 19.7. The zero-order valence-corrected chi connectivity index (χ0v) is 14.0. The Morgan fingerprint density at radius 2 is 2.27 bits per heavy atom. The number of amides is 2. The second kappa shape index (κ2) is 7.62. The number of aliphatic hydroxyl groups is 1. The minimum Gasteiger partial charge on any atom is -0.386 e. The molecule has 0 saturated carbocycles. The summed E-state index contributed by atoms with van der Waals surface area (Å²) in [6.45, 7) is 2.56. The molecule has 2 heterocycles. The Kier molecular flexibility index (Phi) is 5.82. The summed E-state index contributed by atoms with van der Waals surface area (Å²) < 4.78 is 2.35. The van der Waals surface area contributed by atoms with Crippen molar-refractivity contribution >= 4 is 29.0 Å². The smallest absolute Gasteiger partial charge is 0.315 e. The zero-order chi connectivity index (χ0) is 16.1. The topological polar surface area (TPSA) is 79.2 Å². The Morgan fingerprint density at radius 3 is 2.91 bits per heavy atom. The normalized spacial score (nSPS) is 12.2. The molecule has 0 radical (unpaired) electrons. The van der Waals surface area contributed by atoms with Gasteiger partial charge in [-0.1, -0.05) is 18.5 Å². The quantitative estimate of drug-likeness (QED) is 0.753. The average molecular weight is 343 g/mol. The number of halogens is 1. The van der Waals surface area contributed by atoms with Crippen molar-refractivity contribution in [2.24, 2.45) is 7.05 Å². The molecule has 2 amide bonds. The summed E-state index contributed by atoms with van der Waals surface area (Å²) in [6, 6.07) is 3.15. The van der Waals surface area contributed by atoms with E-state index in [1.807, 2.05) is 20.2 Å². The Bertz CT molecular complexity index is 641. The highest BCUT2D eigenvalue weighted by Gasteiger charge is 2.12. The third-order valence-corrected chi connectivity index (χ3v) is 4.48. The van der Waals surface area contributed by atoms with E-state index in [0.717, 1.165) is 22.6 Å². The number of rotatable bonds is 6. The number of nitrogens with one attached hydrogen (secondary N) is 2. The lowest BCUT2D eigenvalue weighted by Gasteiger charge is -2.11. The van der Waals surface area contributed by atoms with Crippen molar-refractivity contribution in [1.82, 2.24) is 20.4 Å². The van der Waals surface area contributed by atoms with Gasteiger partial charge in [0.05, 0.1) is 16.6 Å². The molecule has 0 aromatic carbocycles. The van der Waals surface area contributed by atoms with Crippen LogP contribution in [0.25, 0.3) is 0 Å². The molecule has 120 valence electrons. The van der Waals surface area contributed by atoms with Crippen molar-refractivity contribution in [3.05, 3.63) is 38.8 Å². The maximum absolute atomic E-state index is 11.8. The molecule has 0 saturated heterocycles. The van der Waals surface area contributed by atoms with Gasteiger partial charge in [-0.05, 0) is 18.6 Å². The lowest BCUT2D eigenvalue weighted by atomic mass is 10.2. The molecule has 1 atom stereocenters. The number of aliphatic hydroxyl groups excluding tert-OH is 1. The molecule has 1 unspecified atom stereocenters. The Hall–Kier alpha value is -1.57. The van der Waals surface area contributed by atoms with E-state index in [0.29, 0.717) is 10.9 Å². The predicted octanol–water partition coefficient (Wildman–Crippen LogP) is 2.23. The van der Waals surface area contributed by atoms with Gasteiger partial charge < -0.3 is 15.7 Å². The molecular weight excluding hydrogens is 324 g/mol. The molecule has 22 heavy (non-hydrogen) atoms. The van der Waals surface area contributed by atoms with Crippen LogP contribution in [0.2, 0.25) is 4.34 Å². The number of aromatic nitrogens is 2. The van der Waals surface area contributed by atoms with Crippen LogP contribution in [0.5, 0.6) is 0 Å². The van der Waals surface area contributed by atoms with Gasteiger partial charge in [0.2, 0.25) is 0 Å². The SMILES string of the molecule is CCc1nn(C)cc1CNC(=O)NCC(O)c1ccc(Cl)s1. The number of carbonyl (C=O) groups is 1. The van der Waals surface area contributed by atoms with Gasteiger partial charge in [0, 0.05) is 30.2 Å². The van der Waals surface area contributed by atoms with Crippen molar-refractivity contribution in [1.29, 1.82) is 0 Å². The van der Waals surface area contributed by atoms with Gasteiger partial charge >= 0.3 is 6.03 Å². The van der Waals surface area contributed by atoms with Gasteiger partial charge in [0.1, 0.15) is 6.10 Å². The van der Waals surface area contributed by atoms with Gasteiger partial charge in [-0.25, -0.2) is 4.79 Å². The first-order valence-corrected chi connectivity index (χ1v) is 8.15. The standard InChI is InChI=1S/C14H19ClN4O2S/c1-3-10-9(8-19(2)18-10)6-16-14(21)17-7-11(20)12-4-5-13(15)22-12/h4-5,8,11,20H,3,6-7H2,1-2H3,(H2,16,17,21). The number of urea groups is 1. The van der Waals surface area contributed by atoms with Crippen LogP contribution in [0.1, 0.15) is 29.2 Å². The predicted molar refractivity (Wildman–Crippen MR) is 87.1 cm³/mol. The average Bonchev–Trinajstić information content (AvgIpc) is 3.08. The number of aryl methyl sites for hydroxylation is 2. The molecule has 0 aliphatic heterocycles. The van der Waals surface area contributed by atoms with Crippen LogP contribution in [0.15, 0.2) is 18.3 Å². The highest BCUT2D eigenvalue weighted by atomic mass is 35.5. The molecule has 0 fully saturated rings. The first-order valence-electron chi connectivity index (χ1n) is 6.96. The lowest BCUT2D eigenvalue weighted by molar-refractivity contribution is 0.176. The molecule has 8 heteroatoms. The second-order valence-electron chi connectivity index (χ2n) is 4.85. The summed E-state index contributed by atoms with van der Waals surface area (Å²) >= 11 is 7.11. The van der Waals surface area contributed by atoms with Crippen LogP contribution in [0.3, 0.4) is 0 Å². The number of hydrogen-bond donors (Lipinski definition) is 3. The largest absolute Gasteiger partial charge is 0.386 e. The maximum atomic E-state index is 11.8. The Labute approximate surface area is 138 Å². The first kappa shape index (κ1) is 16.8. The van der Waals surface area contributed by atoms with E-state index >= 15 is 0 Å². The number of hydrogen-bond acceptors (Lipinski definition) is 4. The molecule has 2 aromatic heterocycles. The number of nitrogens with zero attached hydrogens (tertiary/aromatic N) is 2. The van der Waals surface area contributed by atoms with E-state index in [2.05, 4.69) is 15.7 Å². The lowest BCUT2D eigenvalue weighted by Crippen LogP contribution is -2.37. The van der Waals surface area contributed by atoms with E-state index in [1.165, 1.54) is 11.3 Å². The molecule has 6 nitrogen and oxygen atoms in total. The highest BCUT2D eigenvalue weighted by molar-refractivity contribution is 7.16. The second-order valence-corrected chi connectivity index (χ2v) is 6.60. The van der Waals surface area contributed by atoms with E-state index in [-0.39, 0.29) is 12.6 Å². The molecule has 0 aliphatic rings. The zero-order valence-electron chi connectivity index (χ0n) is 12.5. The fraction of sp³-hybridized carbons (Fsp3) is 0.429. The maximum Gasteiger partial charge on any atom is 0.315 e. The Morgan fingerprint density at radius 1 is 1.50 bits per heavy atom. The summed E-state index contributed by atoms with van der Waals surface area (Å²) in [4.78, 5) is 12.5. The van der Waals surface area contributed by atoms with Gasteiger partial charge in [-0.15, -0.1) is 11.3 Å². The van der Waals surface area contributed by atoms with Crippen LogP contribution in [-0.2, 0) is 20.0 Å². The Balaban J connectivity index is 1.78. The van der Waals surface area contributed by atoms with Crippen LogP contribution in [0, 0.1) is 0 Å². The fourth-order valence-corrected chi connectivity index (χ4v) is 3.11. The van der Waals surface area contributed by atoms with E-state index in [1.54, 1.807) is 16.8 Å². The van der Waals surface area contributed by atoms with Gasteiger partial charge in [-0.2, -0.15) is 5.10 Å². The van der Waals surface area contributed by atoms with Crippen LogP contribution < -0.4 is 10.6 Å². The summed E-state index contributed by atoms with van der Waals surface area (Å²) in [5.74, 6) is 0. The molecule has 0 spiro atoms. The molecule has 0 bridgehead atoms. The van der Waals surface area contributed by atoms with E-state index in [4.69, 9.17) is 11.6 Å². The van der Waals surface area contributed by atoms with Crippen molar-refractivity contribution in [3.8, 4) is 0 Å². The van der Waals surface area contributed by atoms with Crippen molar-refractivity contribution in [3.63, 3.8) is 0 Å². The minimum absolute atomic E-state index is 0.135. The monoisotopic (exact) mass is 342 g/mol. The molecular formula is C14H19ClN4O2S. The van der Waals surface area contributed by atoms with E-state index < -0.39 is 6.10 Å². The fourth-order valence-electron chi connectivity index (χ4n) is 2.06. The first-order chi connectivity index (χ1) is 10.5. The van der Waals surface area contributed by atoms with Crippen molar-refractivity contribution < 1.29 is 9.90 Å². The summed E-state index contributed by atoms with van der Waals surface area (Å²) in [7, 11) is 1.85. The minimum atomic E-state index is -0.757.